The molecule has 0 saturated heterocycles. The Morgan fingerprint density at radius 3 is 3.00 bits per heavy atom. The average Bonchev–Trinajstić information content (AvgIpc) is 2.98. The molecule has 0 aromatic carbocycles. The van der Waals surface area contributed by atoms with E-state index >= 15 is 0 Å². The molecule has 1 amide bonds. The summed E-state index contributed by atoms with van der Waals surface area (Å²) in [5, 5.41) is 12.5. The summed E-state index contributed by atoms with van der Waals surface area (Å²) in [6.07, 6.45) is 4.99. The van der Waals surface area contributed by atoms with Crippen LogP contribution in [0.25, 0.3) is 0 Å². The van der Waals surface area contributed by atoms with Gasteiger partial charge >= 0.3 is 0 Å². The fraction of sp³-hybridized carbons (Fsp3) is 0.700. The minimum absolute atomic E-state index is 0.0512. The minimum atomic E-state index is 0.0512. The zero-order valence-electron chi connectivity index (χ0n) is 8.82. The van der Waals surface area contributed by atoms with Gasteiger partial charge in [-0.15, -0.1) is 10.2 Å². The highest BCUT2D eigenvalue weighted by Crippen LogP contribution is 2.41. The van der Waals surface area contributed by atoms with Crippen molar-refractivity contribution in [1.82, 2.24) is 10.2 Å². The first-order chi connectivity index (χ1) is 7.29. The van der Waals surface area contributed by atoms with Gasteiger partial charge in [-0.05, 0) is 19.3 Å². The lowest BCUT2D eigenvalue weighted by atomic mass is 10.2. The number of nitrogens with one attached hydrogen (secondary N) is 1. The topological polar surface area (TPSA) is 54.9 Å². The zero-order chi connectivity index (χ0) is 10.7. The number of hydrogen-bond donors (Lipinski definition) is 1. The van der Waals surface area contributed by atoms with Crippen LogP contribution in [0.1, 0.15) is 50.0 Å². The van der Waals surface area contributed by atoms with Crippen LogP contribution in [0.2, 0.25) is 0 Å². The number of nitrogens with zero attached hydrogens (tertiary/aromatic N) is 2. The molecular weight excluding hydrogens is 210 g/mol. The molecule has 1 N–H and O–H groups in total. The number of rotatable bonds is 5. The standard InChI is InChI=1S/C10H15N3OS/c1-2-3-4-8(14)11-10-13-12-9(15-10)7-5-6-7/h7H,2-6H2,1H3,(H,11,13,14). The molecule has 0 spiro atoms. The molecule has 82 valence electrons. The van der Waals surface area contributed by atoms with E-state index in [4.69, 9.17) is 0 Å². The summed E-state index contributed by atoms with van der Waals surface area (Å²) in [5.74, 6) is 0.666. The first-order valence-electron chi connectivity index (χ1n) is 5.43. The van der Waals surface area contributed by atoms with Crippen LogP contribution in [0, 0.1) is 0 Å². The average molecular weight is 225 g/mol. The Bertz CT molecular complexity index is 346. The molecule has 1 heterocycles. The molecular formula is C10H15N3OS. The zero-order valence-corrected chi connectivity index (χ0v) is 9.64. The molecule has 15 heavy (non-hydrogen) atoms. The van der Waals surface area contributed by atoms with Crippen molar-refractivity contribution in [1.29, 1.82) is 0 Å². The van der Waals surface area contributed by atoms with Crippen LogP contribution in [-0.2, 0) is 4.79 Å². The smallest absolute Gasteiger partial charge is 0.226 e. The van der Waals surface area contributed by atoms with Crippen LogP contribution in [0.5, 0.6) is 0 Å². The Hall–Kier alpha value is -0.970. The van der Waals surface area contributed by atoms with Crippen LogP contribution in [0.4, 0.5) is 5.13 Å². The lowest BCUT2D eigenvalue weighted by molar-refractivity contribution is -0.116. The molecule has 4 nitrogen and oxygen atoms in total. The van der Waals surface area contributed by atoms with E-state index < -0.39 is 0 Å². The van der Waals surface area contributed by atoms with E-state index in [9.17, 15) is 4.79 Å². The number of hydrogen-bond acceptors (Lipinski definition) is 4. The minimum Gasteiger partial charge on any atom is -0.301 e. The fourth-order valence-electron chi connectivity index (χ4n) is 1.30. The van der Waals surface area contributed by atoms with Gasteiger partial charge in [0.2, 0.25) is 11.0 Å². The SMILES string of the molecule is CCCCC(=O)Nc1nnc(C2CC2)s1. The molecule has 0 bridgehead atoms. The third-order valence-corrected chi connectivity index (χ3v) is 3.37. The molecule has 0 radical (unpaired) electrons. The van der Waals surface area contributed by atoms with Gasteiger partial charge in [-0.1, -0.05) is 24.7 Å². The fourth-order valence-corrected chi connectivity index (χ4v) is 2.23. The Balaban J connectivity index is 1.84. The molecule has 0 aliphatic heterocycles. The molecule has 0 atom stereocenters. The van der Waals surface area contributed by atoms with Gasteiger partial charge in [0.05, 0.1) is 0 Å². The number of unbranched alkanes of at least 4 members (excludes halogenated alkanes) is 1. The van der Waals surface area contributed by atoms with Crippen LogP contribution in [-0.4, -0.2) is 16.1 Å². The maximum atomic E-state index is 11.4. The van der Waals surface area contributed by atoms with E-state index in [2.05, 4.69) is 22.4 Å². The molecule has 0 unspecified atom stereocenters. The van der Waals surface area contributed by atoms with E-state index in [0.29, 0.717) is 17.5 Å². The molecule has 1 aromatic rings. The van der Waals surface area contributed by atoms with E-state index in [1.807, 2.05) is 0 Å². The maximum Gasteiger partial charge on any atom is 0.226 e. The third kappa shape index (κ3) is 2.99. The Morgan fingerprint density at radius 2 is 2.33 bits per heavy atom. The summed E-state index contributed by atoms with van der Waals surface area (Å²) in [6.45, 7) is 2.07. The second kappa shape index (κ2) is 4.70. The summed E-state index contributed by atoms with van der Waals surface area (Å²) < 4.78 is 0. The van der Waals surface area contributed by atoms with Crippen molar-refractivity contribution in [2.24, 2.45) is 0 Å². The van der Waals surface area contributed by atoms with Crippen molar-refractivity contribution in [2.75, 3.05) is 5.32 Å². The Morgan fingerprint density at radius 1 is 1.53 bits per heavy atom. The Kier molecular flexibility index (Phi) is 3.30. The maximum absolute atomic E-state index is 11.4. The predicted octanol–water partition coefficient (Wildman–Crippen LogP) is 2.54. The van der Waals surface area contributed by atoms with E-state index in [0.717, 1.165) is 17.8 Å². The molecule has 1 aromatic heterocycles. The normalized spacial score (nSPS) is 15.3. The van der Waals surface area contributed by atoms with Gasteiger partial charge in [0, 0.05) is 12.3 Å². The summed E-state index contributed by atoms with van der Waals surface area (Å²) in [5.41, 5.74) is 0. The highest BCUT2D eigenvalue weighted by molar-refractivity contribution is 7.15. The van der Waals surface area contributed by atoms with Gasteiger partial charge in [0.15, 0.2) is 0 Å². The van der Waals surface area contributed by atoms with Crippen LogP contribution in [0.3, 0.4) is 0 Å². The number of carbonyl (C=O) groups is 1. The number of carbonyl (C=O) groups excluding carboxylic acids is 1. The van der Waals surface area contributed by atoms with Crippen molar-refractivity contribution in [3.63, 3.8) is 0 Å². The van der Waals surface area contributed by atoms with Crippen molar-refractivity contribution >= 4 is 22.4 Å². The van der Waals surface area contributed by atoms with Crippen molar-refractivity contribution in [3.05, 3.63) is 5.01 Å². The lowest BCUT2D eigenvalue weighted by Crippen LogP contribution is -2.10. The van der Waals surface area contributed by atoms with Gasteiger partial charge in [-0.3, -0.25) is 4.79 Å². The molecule has 1 fully saturated rings. The molecule has 1 aliphatic carbocycles. The first-order valence-corrected chi connectivity index (χ1v) is 6.24. The van der Waals surface area contributed by atoms with Gasteiger partial charge in [0.1, 0.15) is 5.01 Å². The highest BCUT2D eigenvalue weighted by Gasteiger charge is 2.27. The summed E-state index contributed by atoms with van der Waals surface area (Å²) in [6, 6.07) is 0. The molecule has 2 rings (SSSR count). The third-order valence-electron chi connectivity index (χ3n) is 2.37. The van der Waals surface area contributed by atoms with E-state index in [1.54, 1.807) is 0 Å². The predicted molar refractivity (Wildman–Crippen MR) is 60.0 cm³/mol. The van der Waals surface area contributed by atoms with Crippen LogP contribution in [0.15, 0.2) is 0 Å². The quantitative estimate of drug-likeness (QED) is 0.837. The lowest BCUT2D eigenvalue weighted by Gasteiger charge is -1.98. The molecule has 1 aliphatic rings. The molecule has 5 heteroatoms. The summed E-state index contributed by atoms with van der Waals surface area (Å²) >= 11 is 1.51. The largest absolute Gasteiger partial charge is 0.301 e. The summed E-state index contributed by atoms with van der Waals surface area (Å²) in [7, 11) is 0. The second-order valence-corrected chi connectivity index (χ2v) is 4.88. The van der Waals surface area contributed by atoms with Crippen molar-refractivity contribution in [3.8, 4) is 0 Å². The van der Waals surface area contributed by atoms with Gasteiger partial charge in [-0.25, -0.2) is 0 Å². The van der Waals surface area contributed by atoms with Crippen LogP contribution < -0.4 is 5.32 Å². The highest BCUT2D eigenvalue weighted by atomic mass is 32.1. The van der Waals surface area contributed by atoms with Gasteiger partial charge < -0.3 is 5.32 Å². The monoisotopic (exact) mass is 225 g/mol. The van der Waals surface area contributed by atoms with E-state index in [-0.39, 0.29) is 5.91 Å². The first kappa shape index (κ1) is 10.5. The number of aromatic nitrogens is 2. The number of anilines is 1. The molecule has 1 saturated carbocycles. The van der Waals surface area contributed by atoms with Crippen LogP contribution >= 0.6 is 11.3 Å². The second-order valence-electron chi connectivity index (χ2n) is 3.87. The van der Waals surface area contributed by atoms with Gasteiger partial charge in [-0.2, -0.15) is 0 Å². The number of amides is 1. The summed E-state index contributed by atoms with van der Waals surface area (Å²) in [4.78, 5) is 11.4. The van der Waals surface area contributed by atoms with Crippen molar-refractivity contribution in [2.45, 2.75) is 44.9 Å². The van der Waals surface area contributed by atoms with Crippen molar-refractivity contribution < 1.29 is 4.79 Å². The van der Waals surface area contributed by atoms with Gasteiger partial charge in [0.25, 0.3) is 0 Å². The Labute approximate surface area is 93.1 Å². The van der Waals surface area contributed by atoms with E-state index in [1.165, 1.54) is 24.2 Å².